The highest BCUT2D eigenvalue weighted by molar-refractivity contribution is 5.94. The Morgan fingerprint density at radius 2 is 1.70 bits per heavy atom. The number of fused-ring (bicyclic) bond motifs is 1. The molecular formula is C28H29N3O2. The Hall–Kier alpha value is -3.73. The maximum Gasteiger partial charge on any atom is 0.266 e. The summed E-state index contributed by atoms with van der Waals surface area (Å²) in [6.45, 7) is 8.58. The van der Waals surface area contributed by atoms with Crippen LogP contribution < -0.4 is 5.56 Å². The van der Waals surface area contributed by atoms with Crippen molar-refractivity contribution in [3.8, 4) is 5.69 Å². The van der Waals surface area contributed by atoms with Gasteiger partial charge in [0.15, 0.2) is 0 Å². The second kappa shape index (κ2) is 9.41. The lowest BCUT2D eigenvalue weighted by Crippen LogP contribution is -2.38. The first-order valence-corrected chi connectivity index (χ1v) is 11.4. The van der Waals surface area contributed by atoms with E-state index in [2.05, 4.69) is 6.07 Å². The summed E-state index contributed by atoms with van der Waals surface area (Å²) in [6.07, 6.45) is 0.796. The molecule has 4 rings (SSSR count). The Morgan fingerprint density at radius 3 is 2.39 bits per heavy atom. The summed E-state index contributed by atoms with van der Waals surface area (Å²) < 4.78 is 1.68. The van der Waals surface area contributed by atoms with E-state index >= 15 is 0 Å². The summed E-state index contributed by atoms with van der Waals surface area (Å²) in [5, 5.41) is 0.560. The predicted octanol–water partition coefficient (Wildman–Crippen LogP) is 5.62. The molecule has 1 heterocycles. The molecule has 0 aliphatic carbocycles. The summed E-state index contributed by atoms with van der Waals surface area (Å²) in [7, 11) is 0. The summed E-state index contributed by atoms with van der Waals surface area (Å²) in [5.41, 5.74) is 4.03. The van der Waals surface area contributed by atoms with E-state index in [4.69, 9.17) is 4.98 Å². The monoisotopic (exact) mass is 439 g/mol. The third kappa shape index (κ3) is 4.31. The molecule has 0 saturated carbocycles. The van der Waals surface area contributed by atoms with Gasteiger partial charge in [0.05, 0.1) is 22.6 Å². The van der Waals surface area contributed by atoms with E-state index in [0.717, 1.165) is 23.2 Å². The minimum absolute atomic E-state index is 0.0699. The fourth-order valence-corrected chi connectivity index (χ4v) is 4.32. The van der Waals surface area contributed by atoms with Crippen molar-refractivity contribution in [2.75, 3.05) is 6.54 Å². The second-order valence-electron chi connectivity index (χ2n) is 8.46. The van der Waals surface area contributed by atoms with E-state index in [1.807, 2.05) is 93.3 Å². The molecule has 0 fully saturated rings. The Balaban J connectivity index is 1.94. The van der Waals surface area contributed by atoms with Gasteiger partial charge < -0.3 is 4.90 Å². The van der Waals surface area contributed by atoms with Crippen LogP contribution in [0.25, 0.3) is 16.6 Å². The van der Waals surface area contributed by atoms with E-state index in [1.54, 1.807) is 10.6 Å². The van der Waals surface area contributed by atoms with Gasteiger partial charge in [-0.25, -0.2) is 4.98 Å². The summed E-state index contributed by atoms with van der Waals surface area (Å²) >= 11 is 0. The molecule has 1 unspecified atom stereocenters. The largest absolute Gasteiger partial charge is 0.329 e. The first kappa shape index (κ1) is 22.5. The van der Waals surface area contributed by atoms with Crippen molar-refractivity contribution in [2.45, 2.75) is 40.2 Å². The molecule has 1 amide bonds. The van der Waals surface area contributed by atoms with Gasteiger partial charge in [0.25, 0.3) is 11.5 Å². The molecule has 3 aromatic carbocycles. The van der Waals surface area contributed by atoms with Crippen molar-refractivity contribution < 1.29 is 4.79 Å². The summed E-state index contributed by atoms with van der Waals surface area (Å²) in [5.74, 6) is 0.489. The molecule has 4 aromatic rings. The topological polar surface area (TPSA) is 55.2 Å². The fourth-order valence-electron chi connectivity index (χ4n) is 4.32. The average molecular weight is 440 g/mol. The molecule has 1 atom stereocenters. The molecule has 5 nitrogen and oxygen atoms in total. The van der Waals surface area contributed by atoms with Crippen LogP contribution in [0.3, 0.4) is 0 Å². The highest BCUT2D eigenvalue weighted by atomic mass is 16.2. The number of amides is 1. The zero-order chi connectivity index (χ0) is 23.5. The fraction of sp³-hybridized carbons (Fsp3) is 0.250. The molecule has 0 spiro atoms. The number of aryl methyl sites for hydroxylation is 2. The Labute approximate surface area is 194 Å². The molecule has 33 heavy (non-hydrogen) atoms. The Bertz CT molecular complexity index is 1360. The number of hydrogen-bond donors (Lipinski definition) is 0. The van der Waals surface area contributed by atoms with E-state index in [-0.39, 0.29) is 11.5 Å². The Kier molecular flexibility index (Phi) is 6.40. The summed E-state index contributed by atoms with van der Waals surface area (Å²) in [4.78, 5) is 33.9. The van der Waals surface area contributed by atoms with Crippen LogP contribution in [0, 0.1) is 13.8 Å². The van der Waals surface area contributed by atoms with Crippen LogP contribution in [0.15, 0.2) is 77.6 Å². The molecule has 0 bridgehead atoms. The SMILES string of the molecule is CCCN(C(=O)c1ccccc1)C(C)c1nc2ccccc2c(=O)n1-c1ccc(C)cc1C. The van der Waals surface area contributed by atoms with Crippen molar-refractivity contribution in [2.24, 2.45) is 0 Å². The lowest BCUT2D eigenvalue weighted by Gasteiger charge is -2.30. The first-order valence-electron chi connectivity index (χ1n) is 11.4. The number of para-hydroxylation sites is 1. The number of nitrogens with zero attached hydrogens (tertiary/aromatic N) is 3. The van der Waals surface area contributed by atoms with E-state index in [1.165, 1.54) is 0 Å². The molecule has 0 radical (unpaired) electrons. The number of benzene rings is 3. The zero-order valence-electron chi connectivity index (χ0n) is 19.6. The van der Waals surface area contributed by atoms with Crippen molar-refractivity contribution in [1.29, 1.82) is 0 Å². The van der Waals surface area contributed by atoms with Gasteiger partial charge in [0, 0.05) is 12.1 Å². The van der Waals surface area contributed by atoms with Crippen LogP contribution in [0.2, 0.25) is 0 Å². The highest BCUT2D eigenvalue weighted by Gasteiger charge is 2.27. The van der Waals surface area contributed by atoms with Gasteiger partial charge in [-0.1, -0.05) is 55.0 Å². The highest BCUT2D eigenvalue weighted by Crippen LogP contribution is 2.26. The van der Waals surface area contributed by atoms with Crippen molar-refractivity contribution in [3.63, 3.8) is 0 Å². The number of rotatable bonds is 6. The molecule has 0 aliphatic rings. The van der Waals surface area contributed by atoms with Gasteiger partial charge in [-0.05, 0) is 63.1 Å². The van der Waals surface area contributed by atoms with Gasteiger partial charge >= 0.3 is 0 Å². The van der Waals surface area contributed by atoms with Gasteiger partial charge in [0.2, 0.25) is 0 Å². The van der Waals surface area contributed by atoms with Crippen LogP contribution in [-0.2, 0) is 0 Å². The molecule has 0 saturated heterocycles. The predicted molar refractivity (Wildman–Crippen MR) is 133 cm³/mol. The minimum Gasteiger partial charge on any atom is -0.329 e. The lowest BCUT2D eigenvalue weighted by molar-refractivity contribution is 0.0681. The van der Waals surface area contributed by atoms with Crippen LogP contribution in [-0.4, -0.2) is 26.9 Å². The molecule has 0 N–H and O–H groups in total. The van der Waals surface area contributed by atoms with Gasteiger partial charge in [-0.3, -0.25) is 14.2 Å². The van der Waals surface area contributed by atoms with Crippen LogP contribution >= 0.6 is 0 Å². The van der Waals surface area contributed by atoms with Gasteiger partial charge in [-0.15, -0.1) is 0 Å². The van der Waals surface area contributed by atoms with Crippen molar-refractivity contribution >= 4 is 16.8 Å². The molecule has 0 aliphatic heterocycles. The molecule has 5 heteroatoms. The first-order chi connectivity index (χ1) is 15.9. The van der Waals surface area contributed by atoms with Crippen molar-refractivity contribution in [3.05, 3.63) is 106 Å². The van der Waals surface area contributed by atoms with Gasteiger partial charge in [-0.2, -0.15) is 0 Å². The summed E-state index contributed by atoms with van der Waals surface area (Å²) in [6, 6.07) is 22.3. The van der Waals surface area contributed by atoms with Gasteiger partial charge in [0.1, 0.15) is 5.82 Å². The average Bonchev–Trinajstić information content (AvgIpc) is 2.83. The number of aromatic nitrogens is 2. The normalized spacial score (nSPS) is 12.0. The third-order valence-electron chi connectivity index (χ3n) is 5.98. The van der Waals surface area contributed by atoms with Crippen LogP contribution in [0.5, 0.6) is 0 Å². The number of hydrogen-bond acceptors (Lipinski definition) is 3. The van der Waals surface area contributed by atoms with Crippen molar-refractivity contribution in [1.82, 2.24) is 14.5 Å². The standard InChI is InChI=1S/C28H29N3O2/c1-5-17-30(27(32)22-11-7-6-8-12-22)21(4)26-29-24-14-10-9-13-23(24)28(33)31(26)25-16-15-19(2)18-20(25)3/h6-16,18,21H,5,17H2,1-4H3. The second-order valence-corrected chi connectivity index (χ2v) is 8.46. The smallest absolute Gasteiger partial charge is 0.266 e. The third-order valence-corrected chi connectivity index (χ3v) is 5.98. The maximum atomic E-state index is 13.7. The van der Waals surface area contributed by atoms with E-state index in [0.29, 0.717) is 28.8 Å². The van der Waals surface area contributed by atoms with Crippen LogP contribution in [0.1, 0.15) is 53.6 Å². The quantitative estimate of drug-likeness (QED) is 0.392. The molecule has 168 valence electrons. The molecule has 1 aromatic heterocycles. The lowest BCUT2D eigenvalue weighted by atomic mass is 10.1. The minimum atomic E-state index is -0.407. The number of carbonyl (C=O) groups excluding carboxylic acids is 1. The van der Waals surface area contributed by atoms with E-state index in [9.17, 15) is 9.59 Å². The maximum absolute atomic E-state index is 13.7. The zero-order valence-corrected chi connectivity index (χ0v) is 19.6. The number of carbonyl (C=O) groups is 1. The van der Waals surface area contributed by atoms with E-state index < -0.39 is 6.04 Å². The Morgan fingerprint density at radius 1 is 1.00 bits per heavy atom. The molecular weight excluding hydrogens is 410 g/mol. The van der Waals surface area contributed by atoms with Crippen LogP contribution in [0.4, 0.5) is 0 Å².